The summed E-state index contributed by atoms with van der Waals surface area (Å²) >= 11 is 0. The maximum Gasteiger partial charge on any atom is 0.243 e. The molecule has 0 aromatic heterocycles. The van der Waals surface area contributed by atoms with Crippen LogP contribution >= 0.6 is 0 Å². The minimum atomic E-state index is -3.60. The molecule has 2 N–H and O–H groups in total. The molecule has 0 fully saturated rings. The number of rotatable bonds is 4. The number of benzene rings is 1. The highest BCUT2D eigenvalue weighted by molar-refractivity contribution is 7.89. The van der Waals surface area contributed by atoms with E-state index in [4.69, 9.17) is 0 Å². The molecule has 1 aliphatic heterocycles. The predicted octanol–water partition coefficient (Wildman–Crippen LogP) is 1.74. The highest BCUT2D eigenvalue weighted by Crippen LogP contribution is 2.33. The van der Waals surface area contributed by atoms with Crippen LogP contribution in [0, 0.1) is 6.92 Å². The molecule has 0 bridgehead atoms. The lowest BCUT2D eigenvalue weighted by atomic mass is 10.00. The fourth-order valence-corrected chi connectivity index (χ4v) is 4.34. The first-order valence-electron chi connectivity index (χ1n) is 7.18. The second-order valence-electron chi connectivity index (χ2n) is 6.34. The van der Waals surface area contributed by atoms with Gasteiger partial charge in [0.1, 0.15) is 0 Å². The molecule has 118 valence electrons. The molecule has 21 heavy (non-hydrogen) atoms. The molecule has 0 aliphatic carbocycles. The topological polar surface area (TPSA) is 69.6 Å². The number of hydrogen-bond acceptors (Lipinski definition) is 4. The van der Waals surface area contributed by atoms with Crippen LogP contribution in [0.4, 0.5) is 5.69 Å². The molecule has 0 amide bonds. The van der Waals surface area contributed by atoms with Crippen LogP contribution in [-0.4, -0.2) is 43.6 Å². The first kappa shape index (κ1) is 16.3. The summed E-state index contributed by atoms with van der Waals surface area (Å²) in [6, 6.07) is 3.51. The number of anilines is 1. The maximum absolute atomic E-state index is 12.8. The van der Waals surface area contributed by atoms with Gasteiger partial charge in [-0.15, -0.1) is 0 Å². The second kappa shape index (κ2) is 5.59. The van der Waals surface area contributed by atoms with E-state index in [1.54, 1.807) is 19.9 Å². The van der Waals surface area contributed by atoms with Crippen LogP contribution < -0.4 is 5.32 Å². The van der Waals surface area contributed by atoms with Crippen molar-refractivity contribution in [3.05, 3.63) is 23.3 Å². The lowest BCUT2D eigenvalue weighted by molar-refractivity contribution is 0.0640. The maximum atomic E-state index is 12.8. The molecule has 2 rings (SSSR count). The van der Waals surface area contributed by atoms with Crippen molar-refractivity contribution in [3.8, 4) is 0 Å². The van der Waals surface area contributed by atoms with Crippen LogP contribution in [0.25, 0.3) is 0 Å². The number of likely N-dealkylation sites (N-methyl/N-ethyl adjacent to an activating group) is 1. The number of sulfonamides is 1. The Morgan fingerprint density at radius 1 is 1.38 bits per heavy atom. The van der Waals surface area contributed by atoms with Gasteiger partial charge in [0.25, 0.3) is 0 Å². The average molecular weight is 312 g/mol. The van der Waals surface area contributed by atoms with Crippen molar-refractivity contribution in [1.82, 2.24) is 4.31 Å². The van der Waals surface area contributed by atoms with E-state index >= 15 is 0 Å². The normalized spacial score (nSPS) is 15.7. The third kappa shape index (κ3) is 3.39. The zero-order chi connectivity index (χ0) is 15.8. The van der Waals surface area contributed by atoms with Crippen LogP contribution in [0.1, 0.15) is 31.4 Å². The minimum absolute atomic E-state index is 0.0609. The van der Waals surface area contributed by atoms with Gasteiger partial charge in [-0.1, -0.05) is 6.07 Å². The van der Waals surface area contributed by atoms with Crippen molar-refractivity contribution in [3.63, 3.8) is 0 Å². The lowest BCUT2D eigenvalue weighted by Gasteiger charge is -2.28. The monoisotopic (exact) mass is 312 g/mol. The molecule has 1 aromatic rings. The number of fused-ring (bicyclic) bond motifs is 1. The Balaban J connectivity index is 2.46. The van der Waals surface area contributed by atoms with Crippen molar-refractivity contribution in [2.45, 2.75) is 44.1 Å². The van der Waals surface area contributed by atoms with Gasteiger partial charge in [0.15, 0.2) is 0 Å². The number of aryl methyl sites for hydroxylation is 1. The SMILES string of the molecule is Cc1ccc(S(=O)(=O)N(C)CC(C)(C)O)c2c1NCCC2. The van der Waals surface area contributed by atoms with Gasteiger partial charge in [0, 0.05) is 25.8 Å². The van der Waals surface area contributed by atoms with Gasteiger partial charge < -0.3 is 10.4 Å². The summed E-state index contributed by atoms with van der Waals surface area (Å²) in [5.74, 6) is 0. The zero-order valence-corrected chi connectivity index (χ0v) is 13.9. The summed E-state index contributed by atoms with van der Waals surface area (Å²) in [6.07, 6.45) is 1.68. The van der Waals surface area contributed by atoms with Gasteiger partial charge in [-0.3, -0.25) is 0 Å². The van der Waals surface area contributed by atoms with Gasteiger partial charge in [-0.2, -0.15) is 4.31 Å². The summed E-state index contributed by atoms with van der Waals surface area (Å²) in [4.78, 5) is 0.349. The molecule has 1 heterocycles. The van der Waals surface area contributed by atoms with Crippen LogP contribution in [0.2, 0.25) is 0 Å². The van der Waals surface area contributed by atoms with E-state index in [1.807, 2.05) is 13.0 Å². The van der Waals surface area contributed by atoms with E-state index < -0.39 is 15.6 Å². The van der Waals surface area contributed by atoms with Gasteiger partial charge >= 0.3 is 0 Å². The van der Waals surface area contributed by atoms with Crippen LogP contribution in [0.5, 0.6) is 0 Å². The molecule has 5 nitrogen and oxygen atoms in total. The van der Waals surface area contributed by atoms with E-state index in [0.717, 1.165) is 36.2 Å². The van der Waals surface area contributed by atoms with Gasteiger partial charge in [-0.25, -0.2) is 8.42 Å². The first-order valence-corrected chi connectivity index (χ1v) is 8.62. The molecule has 0 saturated carbocycles. The fourth-order valence-electron chi connectivity index (χ4n) is 2.76. The van der Waals surface area contributed by atoms with Crippen LogP contribution in [-0.2, 0) is 16.4 Å². The molecule has 0 spiro atoms. The fraction of sp³-hybridized carbons (Fsp3) is 0.600. The molecular weight excluding hydrogens is 288 g/mol. The minimum Gasteiger partial charge on any atom is -0.389 e. The summed E-state index contributed by atoms with van der Waals surface area (Å²) < 4.78 is 26.8. The molecular formula is C15H24N2O3S. The Hall–Kier alpha value is -1.11. The largest absolute Gasteiger partial charge is 0.389 e. The van der Waals surface area contributed by atoms with E-state index in [1.165, 1.54) is 11.4 Å². The number of nitrogens with one attached hydrogen (secondary N) is 1. The van der Waals surface area contributed by atoms with Crippen molar-refractivity contribution >= 4 is 15.7 Å². The van der Waals surface area contributed by atoms with E-state index in [9.17, 15) is 13.5 Å². The smallest absolute Gasteiger partial charge is 0.243 e. The van der Waals surface area contributed by atoms with Crippen LogP contribution in [0.15, 0.2) is 17.0 Å². The Morgan fingerprint density at radius 3 is 2.67 bits per heavy atom. The number of aliphatic hydroxyl groups is 1. The highest BCUT2D eigenvalue weighted by atomic mass is 32.2. The average Bonchev–Trinajstić information content (AvgIpc) is 2.37. The van der Waals surface area contributed by atoms with Crippen molar-refractivity contribution in [2.24, 2.45) is 0 Å². The van der Waals surface area contributed by atoms with Gasteiger partial charge in [0.2, 0.25) is 10.0 Å². The molecule has 0 saturated heterocycles. The Bertz CT molecular complexity index is 633. The van der Waals surface area contributed by atoms with Crippen molar-refractivity contribution in [2.75, 3.05) is 25.5 Å². The second-order valence-corrected chi connectivity index (χ2v) is 8.35. The molecule has 1 aromatic carbocycles. The third-order valence-electron chi connectivity index (χ3n) is 3.68. The van der Waals surface area contributed by atoms with E-state index in [2.05, 4.69) is 5.32 Å². The van der Waals surface area contributed by atoms with Crippen LogP contribution in [0.3, 0.4) is 0 Å². The molecule has 6 heteroatoms. The quantitative estimate of drug-likeness (QED) is 0.888. The Morgan fingerprint density at radius 2 is 2.05 bits per heavy atom. The standard InChI is InChI=1S/C15H24N2O3S/c1-11-7-8-13(12-6-5-9-16-14(11)12)21(19,20)17(4)10-15(2,3)18/h7-8,16,18H,5-6,9-10H2,1-4H3. The van der Waals surface area contributed by atoms with Crippen molar-refractivity contribution in [1.29, 1.82) is 0 Å². The van der Waals surface area contributed by atoms with Gasteiger partial charge in [0.05, 0.1) is 10.5 Å². The summed E-state index contributed by atoms with van der Waals surface area (Å²) in [6.45, 7) is 6.12. The highest BCUT2D eigenvalue weighted by Gasteiger charge is 2.30. The third-order valence-corrected chi connectivity index (χ3v) is 5.57. The van der Waals surface area contributed by atoms with E-state index in [-0.39, 0.29) is 6.54 Å². The predicted molar refractivity (Wildman–Crippen MR) is 84.1 cm³/mol. The summed E-state index contributed by atoms with van der Waals surface area (Å²) in [7, 11) is -2.09. The zero-order valence-electron chi connectivity index (χ0n) is 13.1. The van der Waals surface area contributed by atoms with Gasteiger partial charge in [-0.05, 0) is 50.8 Å². The Kier molecular flexibility index (Phi) is 4.33. The summed E-state index contributed by atoms with van der Waals surface area (Å²) in [5, 5.41) is 13.2. The molecule has 0 radical (unpaired) electrons. The molecule has 0 atom stereocenters. The molecule has 0 unspecified atom stereocenters. The van der Waals surface area contributed by atoms with Crippen molar-refractivity contribution < 1.29 is 13.5 Å². The number of nitrogens with zero attached hydrogens (tertiary/aromatic N) is 1. The summed E-state index contributed by atoms with van der Waals surface area (Å²) in [5.41, 5.74) is 1.81. The van der Waals surface area contributed by atoms with E-state index in [0.29, 0.717) is 4.90 Å². The number of hydrogen-bond donors (Lipinski definition) is 2. The Labute approximate surface area is 127 Å². The molecule has 1 aliphatic rings. The lowest BCUT2D eigenvalue weighted by Crippen LogP contribution is -2.40. The first-order chi connectivity index (χ1) is 9.63.